The van der Waals surface area contributed by atoms with Gasteiger partial charge >= 0.3 is 0 Å². The lowest BCUT2D eigenvalue weighted by Crippen LogP contribution is -2.13. The van der Waals surface area contributed by atoms with E-state index in [1.165, 1.54) is 6.07 Å². The third-order valence-electron chi connectivity index (χ3n) is 1.96. The topological polar surface area (TPSA) is 55.1 Å². The van der Waals surface area contributed by atoms with Crippen molar-refractivity contribution in [1.29, 1.82) is 0 Å². The lowest BCUT2D eigenvalue weighted by molar-refractivity contribution is 0.868. The van der Waals surface area contributed by atoms with Gasteiger partial charge in [0.25, 0.3) is 0 Å². The molecule has 0 fully saturated rings. The number of anilines is 1. The third kappa shape index (κ3) is 2.29. The van der Waals surface area contributed by atoms with Crippen molar-refractivity contribution in [3.63, 3.8) is 0 Å². The Morgan fingerprint density at radius 2 is 1.85 bits per heavy atom. The third-order valence-corrected chi connectivity index (χ3v) is 1.96. The van der Waals surface area contributed by atoms with Crippen LogP contribution in [0.25, 0.3) is 0 Å². The second-order valence-electron chi connectivity index (χ2n) is 3.24. The van der Waals surface area contributed by atoms with Crippen LogP contribution in [0.15, 0.2) is 29.1 Å². The van der Waals surface area contributed by atoms with E-state index >= 15 is 0 Å². The van der Waals surface area contributed by atoms with Gasteiger partial charge < -0.3 is 5.43 Å². The Bertz CT molecular complexity index is 347. The van der Waals surface area contributed by atoms with Crippen LogP contribution in [-0.2, 0) is 0 Å². The summed E-state index contributed by atoms with van der Waals surface area (Å²) in [5, 5.41) is 0. The highest BCUT2D eigenvalue weighted by Gasteiger charge is 1.98. The molecule has 0 bridgehead atoms. The molecule has 0 aliphatic carbocycles. The van der Waals surface area contributed by atoms with Crippen LogP contribution < -0.4 is 16.7 Å². The maximum Gasteiger partial charge on any atom is 0.202 e. The fraction of sp³-hybridized carbons (Fsp3) is 0.300. The van der Waals surface area contributed by atoms with Crippen molar-refractivity contribution in [2.24, 2.45) is 5.84 Å². The van der Waals surface area contributed by atoms with Gasteiger partial charge in [-0.05, 0) is 23.6 Å². The Labute approximate surface area is 77.6 Å². The summed E-state index contributed by atoms with van der Waals surface area (Å²) in [6.07, 6.45) is 0. The van der Waals surface area contributed by atoms with Crippen molar-refractivity contribution in [3.8, 4) is 0 Å². The smallest absolute Gasteiger partial charge is 0.202 e. The second kappa shape index (κ2) is 4.05. The van der Waals surface area contributed by atoms with Gasteiger partial charge in [0.1, 0.15) is 0 Å². The van der Waals surface area contributed by atoms with Gasteiger partial charge in [-0.3, -0.25) is 10.6 Å². The van der Waals surface area contributed by atoms with Gasteiger partial charge in [-0.25, -0.2) is 0 Å². The van der Waals surface area contributed by atoms with Crippen LogP contribution in [0.4, 0.5) is 5.69 Å². The van der Waals surface area contributed by atoms with E-state index in [1.807, 2.05) is 12.1 Å². The van der Waals surface area contributed by atoms with Gasteiger partial charge in [0.05, 0.1) is 5.69 Å². The molecule has 0 saturated carbocycles. The van der Waals surface area contributed by atoms with Crippen LogP contribution in [0, 0.1) is 0 Å². The highest BCUT2D eigenvalue weighted by atomic mass is 16.1. The molecule has 3 heteroatoms. The molecule has 0 aliphatic rings. The van der Waals surface area contributed by atoms with Crippen LogP contribution in [-0.4, -0.2) is 0 Å². The standard InChI is InChI=1S/C10H14N2O/c1-7(2)8-3-5-9(12-11)10(13)6-4-8/h3-7H,11H2,1-2H3,(H,12,13). The van der Waals surface area contributed by atoms with Crippen LogP contribution in [0.3, 0.4) is 0 Å². The number of rotatable bonds is 2. The molecular formula is C10H14N2O. The largest absolute Gasteiger partial charge is 0.321 e. The van der Waals surface area contributed by atoms with Crippen molar-refractivity contribution in [3.05, 3.63) is 40.1 Å². The highest BCUT2D eigenvalue weighted by molar-refractivity contribution is 5.41. The monoisotopic (exact) mass is 178 g/mol. The quantitative estimate of drug-likeness (QED) is 0.532. The van der Waals surface area contributed by atoms with Gasteiger partial charge in [-0.2, -0.15) is 0 Å². The summed E-state index contributed by atoms with van der Waals surface area (Å²) < 4.78 is 0. The summed E-state index contributed by atoms with van der Waals surface area (Å²) in [6.45, 7) is 4.16. The zero-order valence-corrected chi connectivity index (χ0v) is 7.87. The molecule has 1 aromatic rings. The minimum absolute atomic E-state index is 0.0885. The summed E-state index contributed by atoms with van der Waals surface area (Å²) in [7, 11) is 0. The first-order chi connectivity index (χ1) is 6.15. The lowest BCUT2D eigenvalue weighted by atomic mass is 10.1. The number of nitrogens with one attached hydrogen (secondary N) is 1. The Kier molecular flexibility index (Phi) is 3.03. The predicted molar refractivity (Wildman–Crippen MR) is 54.6 cm³/mol. The van der Waals surface area contributed by atoms with Crippen molar-refractivity contribution in [2.45, 2.75) is 19.8 Å². The minimum Gasteiger partial charge on any atom is -0.321 e. The molecule has 0 aliphatic heterocycles. The SMILES string of the molecule is CC(C)c1ccc(NN)c(=O)cc1. The molecule has 0 saturated heterocycles. The Morgan fingerprint density at radius 3 is 2.38 bits per heavy atom. The molecule has 3 nitrogen and oxygen atoms in total. The van der Waals surface area contributed by atoms with E-state index in [2.05, 4.69) is 19.3 Å². The summed E-state index contributed by atoms with van der Waals surface area (Å²) in [6, 6.07) is 6.97. The number of nitrogens with two attached hydrogens (primary N) is 1. The number of nitrogen functional groups attached to an aromatic ring is 1. The van der Waals surface area contributed by atoms with E-state index < -0.39 is 0 Å². The van der Waals surface area contributed by atoms with Crippen LogP contribution in [0.1, 0.15) is 25.3 Å². The fourth-order valence-electron chi connectivity index (χ4n) is 1.08. The Morgan fingerprint density at radius 1 is 1.23 bits per heavy atom. The van der Waals surface area contributed by atoms with E-state index in [-0.39, 0.29) is 5.43 Å². The van der Waals surface area contributed by atoms with E-state index in [0.29, 0.717) is 11.6 Å². The van der Waals surface area contributed by atoms with Gasteiger partial charge in [0.2, 0.25) is 5.43 Å². The molecule has 0 aromatic heterocycles. The maximum absolute atomic E-state index is 11.3. The van der Waals surface area contributed by atoms with Crippen LogP contribution >= 0.6 is 0 Å². The average Bonchev–Trinajstić information content (AvgIpc) is 2.27. The summed E-state index contributed by atoms with van der Waals surface area (Å²) in [5.41, 5.74) is 3.83. The molecule has 70 valence electrons. The average molecular weight is 178 g/mol. The van der Waals surface area contributed by atoms with Crippen LogP contribution in [0.5, 0.6) is 0 Å². The Balaban J connectivity index is 3.24. The highest BCUT2D eigenvalue weighted by Crippen LogP contribution is 2.12. The van der Waals surface area contributed by atoms with Gasteiger partial charge in [0.15, 0.2) is 0 Å². The van der Waals surface area contributed by atoms with Crippen molar-refractivity contribution >= 4 is 5.69 Å². The Hall–Kier alpha value is -1.35. The molecular weight excluding hydrogens is 164 g/mol. The molecule has 0 heterocycles. The number of hydrazine groups is 1. The van der Waals surface area contributed by atoms with E-state index in [9.17, 15) is 4.79 Å². The normalized spacial score (nSPS) is 10.2. The molecule has 1 rings (SSSR count). The summed E-state index contributed by atoms with van der Waals surface area (Å²) >= 11 is 0. The van der Waals surface area contributed by atoms with E-state index in [0.717, 1.165) is 5.56 Å². The van der Waals surface area contributed by atoms with E-state index in [4.69, 9.17) is 5.84 Å². The number of hydrogen-bond acceptors (Lipinski definition) is 3. The molecule has 3 N–H and O–H groups in total. The zero-order valence-electron chi connectivity index (χ0n) is 7.87. The first kappa shape index (κ1) is 9.74. The van der Waals surface area contributed by atoms with Crippen molar-refractivity contribution < 1.29 is 0 Å². The molecule has 0 amide bonds. The van der Waals surface area contributed by atoms with Crippen LogP contribution in [0.2, 0.25) is 0 Å². The summed E-state index contributed by atoms with van der Waals surface area (Å²) in [5.74, 6) is 5.60. The molecule has 13 heavy (non-hydrogen) atoms. The molecule has 0 radical (unpaired) electrons. The van der Waals surface area contributed by atoms with Gasteiger partial charge in [0, 0.05) is 0 Å². The van der Waals surface area contributed by atoms with Crippen molar-refractivity contribution in [2.75, 3.05) is 5.43 Å². The molecule has 1 aromatic carbocycles. The van der Waals surface area contributed by atoms with Crippen molar-refractivity contribution in [1.82, 2.24) is 0 Å². The van der Waals surface area contributed by atoms with Gasteiger partial charge in [-0.1, -0.05) is 26.0 Å². The lowest BCUT2D eigenvalue weighted by Gasteiger charge is -1.99. The minimum atomic E-state index is -0.0885. The predicted octanol–water partition coefficient (Wildman–Crippen LogP) is 1.46. The van der Waals surface area contributed by atoms with E-state index in [1.54, 1.807) is 6.07 Å². The fourth-order valence-corrected chi connectivity index (χ4v) is 1.08. The maximum atomic E-state index is 11.3. The molecule has 0 spiro atoms. The summed E-state index contributed by atoms with van der Waals surface area (Å²) in [4.78, 5) is 11.3. The zero-order chi connectivity index (χ0) is 9.84. The second-order valence-corrected chi connectivity index (χ2v) is 3.24. The number of hydrogen-bond donors (Lipinski definition) is 2. The molecule has 0 unspecified atom stereocenters. The first-order valence-corrected chi connectivity index (χ1v) is 4.26. The molecule has 0 atom stereocenters. The first-order valence-electron chi connectivity index (χ1n) is 4.26. The van der Waals surface area contributed by atoms with Gasteiger partial charge in [-0.15, -0.1) is 0 Å².